The van der Waals surface area contributed by atoms with Gasteiger partial charge in [-0.1, -0.05) is 40.7 Å². The van der Waals surface area contributed by atoms with Crippen LogP contribution in [0.4, 0.5) is 0 Å². The molecular formula is C30H44O5. The fraction of sp³-hybridized carbons (Fsp3) is 0.867. The summed E-state index contributed by atoms with van der Waals surface area (Å²) >= 11 is 0. The molecule has 2 bridgehead atoms. The number of carboxylic acid groups (broad SMARTS) is 1. The van der Waals surface area contributed by atoms with E-state index in [-0.39, 0.29) is 44.4 Å². The van der Waals surface area contributed by atoms with Crippen molar-refractivity contribution in [1.82, 2.24) is 0 Å². The first-order valence-corrected chi connectivity index (χ1v) is 13.9. The lowest BCUT2D eigenvalue weighted by molar-refractivity contribution is -0.284. The smallest absolute Gasteiger partial charge is 0.309 e. The van der Waals surface area contributed by atoms with E-state index >= 15 is 0 Å². The normalized spacial score (nSPS) is 58.1. The predicted octanol–water partition coefficient (Wildman–Crippen LogP) is 5.40. The number of hydrogen-bond donors (Lipinski definition) is 2. The molecule has 5 nitrogen and oxygen atoms in total. The number of allylic oxidation sites excluding steroid dienone is 2. The van der Waals surface area contributed by atoms with Gasteiger partial charge in [0.2, 0.25) is 0 Å². The van der Waals surface area contributed by atoms with Gasteiger partial charge in [0.05, 0.1) is 23.7 Å². The maximum absolute atomic E-state index is 12.9. The van der Waals surface area contributed by atoms with Crippen molar-refractivity contribution in [2.45, 2.75) is 105 Å². The molecule has 6 rings (SSSR count). The predicted molar refractivity (Wildman–Crippen MR) is 133 cm³/mol. The van der Waals surface area contributed by atoms with Crippen LogP contribution in [0, 0.1) is 50.2 Å². The Morgan fingerprint density at radius 2 is 1.63 bits per heavy atom. The van der Waals surface area contributed by atoms with Crippen LogP contribution in [0.25, 0.3) is 0 Å². The van der Waals surface area contributed by atoms with E-state index in [1.54, 1.807) is 0 Å². The fourth-order valence-corrected chi connectivity index (χ4v) is 11.4. The summed E-state index contributed by atoms with van der Waals surface area (Å²) in [4.78, 5) is 25.2. The number of hydrogen-bond acceptors (Lipinski definition) is 4. The molecule has 0 radical (unpaired) electrons. The molecule has 1 aliphatic heterocycles. The molecule has 194 valence electrons. The van der Waals surface area contributed by atoms with Crippen molar-refractivity contribution >= 4 is 11.8 Å². The summed E-state index contributed by atoms with van der Waals surface area (Å²) in [6.07, 6.45) is 10.2. The molecule has 2 N–H and O–H groups in total. The Kier molecular flexibility index (Phi) is 4.57. The van der Waals surface area contributed by atoms with E-state index in [2.05, 4.69) is 40.7 Å². The van der Waals surface area contributed by atoms with Gasteiger partial charge >= 0.3 is 5.97 Å². The maximum Gasteiger partial charge on any atom is 0.309 e. The Balaban J connectivity index is 1.47. The van der Waals surface area contributed by atoms with Crippen LogP contribution in [0.3, 0.4) is 0 Å². The van der Waals surface area contributed by atoms with Gasteiger partial charge in [-0.25, -0.2) is 0 Å². The number of aliphatic carboxylic acids is 1. The first kappa shape index (κ1) is 24.2. The van der Waals surface area contributed by atoms with Gasteiger partial charge in [0.25, 0.3) is 0 Å². The minimum Gasteiger partial charge on any atom is -0.481 e. The monoisotopic (exact) mass is 484 g/mol. The molecular weight excluding hydrogens is 440 g/mol. The van der Waals surface area contributed by atoms with Gasteiger partial charge in [0.15, 0.2) is 5.78 Å². The maximum atomic E-state index is 12.9. The standard InChI is InChI=1S/C30H44O5/c1-24(2)18-7-11-27(5)19(26(18,4)10-9-21(24)31)8-12-30-20-15-25(3,23(33)34)13-14-29(20,17-35-30)22(32)16-28(27,30)6/h9-10,18-20,22,32H,7-8,11-17H2,1-6H3,(H,33,34). The van der Waals surface area contributed by atoms with Crippen LogP contribution in [0.2, 0.25) is 0 Å². The SMILES string of the molecule is CC1(C(=O)O)CCC23COC4(CCC5C6(C)C=CC(=O)C(C)(C)C6CCC5(C)C4(C)CC2O)C3C1. The van der Waals surface area contributed by atoms with Crippen molar-refractivity contribution in [3.63, 3.8) is 0 Å². The van der Waals surface area contributed by atoms with E-state index in [1.807, 2.05) is 13.0 Å². The number of ketones is 1. The molecule has 6 aliphatic rings. The summed E-state index contributed by atoms with van der Waals surface area (Å²) in [6, 6.07) is 0. The third-order valence-electron chi connectivity index (χ3n) is 13.8. The van der Waals surface area contributed by atoms with Crippen LogP contribution in [0.15, 0.2) is 12.2 Å². The number of fused-ring (bicyclic) bond motifs is 4. The number of carboxylic acids is 1. The van der Waals surface area contributed by atoms with Gasteiger partial charge in [-0.05, 0) is 93.0 Å². The van der Waals surface area contributed by atoms with Crippen molar-refractivity contribution < 1.29 is 24.5 Å². The highest BCUT2D eigenvalue weighted by Gasteiger charge is 2.80. The van der Waals surface area contributed by atoms with Crippen LogP contribution in [0.5, 0.6) is 0 Å². The third kappa shape index (κ3) is 2.45. The molecule has 5 fully saturated rings. The molecule has 1 heterocycles. The molecule has 0 amide bonds. The average molecular weight is 485 g/mol. The molecule has 1 spiro atoms. The molecule has 4 saturated carbocycles. The van der Waals surface area contributed by atoms with Crippen LogP contribution >= 0.6 is 0 Å². The summed E-state index contributed by atoms with van der Waals surface area (Å²) in [5, 5.41) is 22.0. The Labute approximate surface area is 210 Å². The van der Waals surface area contributed by atoms with Gasteiger partial charge in [-0.2, -0.15) is 0 Å². The quantitative estimate of drug-likeness (QED) is 0.520. The van der Waals surface area contributed by atoms with Gasteiger partial charge in [-0.15, -0.1) is 0 Å². The van der Waals surface area contributed by atoms with Crippen molar-refractivity contribution in [3.05, 3.63) is 12.2 Å². The van der Waals surface area contributed by atoms with E-state index in [9.17, 15) is 19.8 Å². The highest BCUT2D eigenvalue weighted by atomic mass is 16.5. The molecule has 35 heavy (non-hydrogen) atoms. The lowest BCUT2D eigenvalue weighted by Gasteiger charge is -2.74. The number of aliphatic hydroxyl groups is 1. The van der Waals surface area contributed by atoms with Crippen LogP contribution in [0.1, 0.15) is 92.9 Å². The van der Waals surface area contributed by atoms with E-state index in [0.29, 0.717) is 31.3 Å². The summed E-state index contributed by atoms with van der Waals surface area (Å²) in [5.41, 5.74) is -2.21. The van der Waals surface area contributed by atoms with Crippen molar-refractivity contribution in [3.8, 4) is 0 Å². The van der Waals surface area contributed by atoms with Gasteiger partial charge in [0, 0.05) is 16.2 Å². The summed E-state index contributed by atoms with van der Waals surface area (Å²) in [5.74, 6) is 0.310. The van der Waals surface area contributed by atoms with Crippen molar-refractivity contribution in [2.24, 2.45) is 50.2 Å². The third-order valence-corrected chi connectivity index (χ3v) is 13.8. The minimum absolute atomic E-state index is 0.0636. The molecule has 10 atom stereocenters. The summed E-state index contributed by atoms with van der Waals surface area (Å²) < 4.78 is 6.97. The first-order chi connectivity index (χ1) is 16.1. The first-order valence-electron chi connectivity index (χ1n) is 13.9. The Morgan fingerprint density at radius 3 is 2.31 bits per heavy atom. The highest BCUT2D eigenvalue weighted by Crippen LogP contribution is 2.80. The van der Waals surface area contributed by atoms with Gasteiger partial charge in [-0.3, -0.25) is 9.59 Å². The molecule has 0 aromatic rings. The molecule has 0 aromatic carbocycles. The zero-order valence-electron chi connectivity index (χ0n) is 22.4. The van der Waals surface area contributed by atoms with E-state index in [1.165, 1.54) is 0 Å². The fourth-order valence-electron chi connectivity index (χ4n) is 11.4. The molecule has 0 aromatic heterocycles. The minimum atomic E-state index is -0.759. The second-order valence-corrected chi connectivity index (χ2v) is 15.0. The van der Waals surface area contributed by atoms with Crippen LogP contribution in [-0.4, -0.2) is 40.3 Å². The van der Waals surface area contributed by atoms with Gasteiger partial charge < -0.3 is 14.9 Å². The number of carbonyl (C=O) groups excluding carboxylic acids is 1. The zero-order chi connectivity index (χ0) is 25.4. The van der Waals surface area contributed by atoms with Crippen molar-refractivity contribution in [1.29, 1.82) is 0 Å². The molecule has 5 heteroatoms. The largest absolute Gasteiger partial charge is 0.481 e. The lowest BCUT2D eigenvalue weighted by atomic mass is 9.31. The highest BCUT2D eigenvalue weighted by molar-refractivity contribution is 5.95. The number of carbonyl (C=O) groups is 2. The zero-order valence-corrected chi connectivity index (χ0v) is 22.4. The Morgan fingerprint density at radius 1 is 0.943 bits per heavy atom. The average Bonchev–Trinajstić information content (AvgIpc) is 3.05. The molecule has 1 saturated heterocycles. The molecule has 5 aliphatic carbocycles. The Bertz CT molecular complexity index is 1030. The topological polar surface area (TPSA) is 83.8 Å². The van der Waals surface area contributed by atoms with Crippen molar-refractivity contribution in [2.75, 3.05) is 6.61 Å². The van der Waals surface area contributed by atoms with Crippen LogP contribution in [-0.2, 0) is 14.3 Å². The second-order valence-electron chi connectivity index (χ2n) is 15.0. The van der Waals surface area contributed by atoms with E-state index in [4.69, 9.17) is 4.74 Å². The number of ether oxygens (including phenoxy) is 1. The number of aliphatic hydroxyl groups excluding tert-OH is 1. The lowest BCUT2D eigenvalue weighted by Crippen LogP contribution is -2.73. The van der Waals surface area contributed by atoms with Gasteiger partial charge in [0.1, 0.15) is 0 Å². The number of rotatable bonds is 1. The van der Waals surface area contributed by atoms with E-state index in [0.717, 1.165) is 38.5 Å². The summed E-state index contributed by atoms with van der Waals surface area (Å²) in [7, 11) is 0. The Hall–Kier alpha value is -1.20. The second kappa shape index (κ2) is 6.62. The molecule has 10 unspecified atom stereocenters. The van der Waals surface area contributed by atoms with Crippen LogP contribution < -0.4 is 0 Å². The van der Waals surface area contributed by atoms with E-state index < -0.39 is 17.5 Å². The summed E-state index contributed by atoms with van der Waals surface area (Å²) in [6.45, 7) is 13.9.